The second-order valence-corrected chi connectivity index (χ2v) is 7.70. The van der Waals surface area contributed by atoms with Crippen molar-refractivity contribution in [1.29, 1.82) is 0 Å². The number of urea groups is 1. The van der Waals surface area contributed by atoms with Crippen LogP contribution in [0.15, 0.2) is 24.3 Å². The van der Waals surface area contributed by atoms with Gasteiger partial charge in [-0.2, -0.15) is 0 Å². The van der Waals surface area contributed by atoms with E-state index < -0.39 is 0 Å². The number of nitrogens with one attached hydrogen (secondary N) is 1. The number of hydrogen-bond acceptors (Lipinski definition) is 4. The molecule has 3 rings (SSSR count). The van der Waals surface area contributed by atoms with Crippen LogP contribution in [0.1, 0.15) is 44.1 Å². The van der Waals surface area contributed by atoms with Crippen LogP contribution >= 0.6 is 0 Å². The maximum Gasteiger partial charge on any atom is 0.317 e. The maximum absolute atomic E-state index is 12.4. The Bertz CT molecular complexity index is 596. The van der Waals surface area contributed by atoms with E-state index in [1.165, 1.54) is 18.4 Å². The molecule has 6 heteroatoms. The van der Waals surface area contributed by atoms with Gasteiger partial charge in [-0.25, -0.2) is 4.79 Å². The highest BCUT2D eigenvalue weighted by molar-refractivity contribution is 5.74. The lowest BCUT2D eigenvalue weighted by molar-refractivity contribution is -0.0728. The molecule has 2 saturated heterocycles. The quantitative estimate of drug-likeness (QED) is 0.691. The third-order valence-electron chi connectivity index (χ3n) is 5.57. The zero-order valence-corrected chi connectivity index (χ0v) is 17.0. The van der Waals surface area contributed by atoms with Gasteiger partial charge >= 0.3 is 6.03 Å². The monoisotopic (exact) mass is 390 g/mol. The topological polar surface area (TPSA) is 60.0 Å². The minimum atomic E-state index is 0.0414. The van der Waals surface area contributed by atoms with Crippen LogP contribution in [-0.4, -0.2) is 63.1 Å². The van der Waals surface area contributed by atoms with Gasteiger partial charge in [-0.05, 0) is 62.6 Å². The number of ether oxygens (including phenoxy) is 3. The summed E-state index contributed by atoms with van der Waals surface area (Å²) in [5.74, 6) is 0.877. The van der Waals surface area contributed by atoms with E-state index in [0.29, 0.717) is 13.2 Å². The van der Waals surface area contributed by atoms with Crippen LogP contribution in [-0.2, 0) is 15.9 Å². The third kappa shape index (κ3) is 6.67. The predicted octanol–water partition coefficient (Wildman–Crippen LogP) is 3.39. The Morgan fingerprint density at radius 3 is 2.86 bits per heavy atom. The van der Waals surface area contributed by atoms with E-state index in [4.69, 9.17) is 14.2 Å². The molecule has 0 saturated carbocycles. The van der Waals surface area contributed by atoms with Gasteiger partial charge < -0.3 is 24.4 Å². The smallest absolute Gasteiger partial charge is 0.317 e. The lowest BCUT2D eigenvalue weighted by atomic mass is 10.1. The van der Waals surface area contributed by atoms with Crippen LogP contribution in [0.4, 0.5) is 4.79 Å². The minimum Gasteiger partial charge on any atom is -0.497 e. The zero-order chi connectivity index (χ0) is 19.6. The third-order valence-corrected chi connectivity index (χ3v) is 5.57. The molecule has 2 aliphatic rings. The van der Waals surface area contributed by atoms with Gasteiger partial charge in [0.15, 0.2) is 0 Å². The fourth-order valence-electron chi connectivity index (χ4n) is 3.84. The number of nitrogens with zero attached hydrogens (tertiary/aromatic N) is 1. The molecule has 2 fully saturated rings. The van der Waals surface area contributed by atoms with Gasteiger partial charge in [-0.15, -0.1) is 0 Å². The van der Waals surface area contributed by atoms with Crippen molar-refractivity contribution < 1.29 is 19.0 Å². The van der Waals surface area contributed by atoms with Crippen molar-refractivity contribution in [2.45, 2.75) is 57.2 Å². The van der Waals surface area contributed by atoms with Crippen molar-refractivity contribution in [1.82, 2.24) is 10.2 Å². The molecule has 1 aromatic rings. The summed E-state index contributed by atoms with van der Waals surface area (Å²) in [7, 11) is 1.68. The lowest BCUT2D eigenvalue weighted by Crippen LogP contribution is -2.46. The molecule has 1 atom stereocenters. The number of piperidine rings is 1. The van der Waals surface area contributed by atoms with Crippen molar-refractivity contribution >= 4 is 6.03 Å². The highest BCUT2D eigenvalue weighted by Crippen LogP contribution is 2.18. The Morgan fingerprint density at radius 2 is 2.11 bits per heavy atom. The van der Waals surface area contributed by atoms with Crippen molar-refractivity contribution in [3.05, 3.63) is 29.8 Å². The Kier molecular flexibility index (Phi) is 8.42. The fourth-order valence-corrected chi connectivity index (χ4v) is 3.84. The molecule has 1 unspecified atom stereocenters. The Hall–Kier alpha value is -1.79. The highest BCUT2D eigenvalue weighted by atomic mass is 16.5. The fraction of sp³-hybridized carbons (Fsp3) is 0.682. The number of hydrogen-bond donors (Lipinski definition) is 1. The van der Waals surface area contributed by atoms with Crippen LogP contribution in [0, 0.1) is 0 Å². The average Bonchev–Trinajstić information content (AvgIpc) is 2.76. The standard InChI is InChI=1S/C22H34N2O4/c1-26-20-9-4-6-18(16-20)7-5-12-23-22(25)24-13-10-19(11-14-24)28-17-21-8-2-3-15-27-21/h4,6,9,16,19,21H,2-3,5,7-8,10-15,17H2,1H3,(H,23,25). The molecule has 0 spiro atoms. The van der Waals surface area contributed by atoms with E-state index in [2.05, 4.69) is 11.4 Å². The predicted molar refractivity (Wildman–Crippen MR) is 109 cm³/mol. The summed E-state index contributed by atoms with van der Waals surface area (Å²) >= 11 is 0. The molecule has 0 aromatic heterocycles. The van der Waals surface area contributed by atoms with E-state index in [9.17, 15) is 4.79 Å². The second kappa shape index (κ2) is 11.3. The van der Waals surface area contributed by atoms with Gasteiger partial charge in [0.25, 0.3) is 0 Å². The molecular weight excluding hydrogens is 356 g/mol. The van der Waals surface area contributed by atoms with Gasteiger partial charge in [-0.1, -0.05) is 12.1 Å². The first-order valence-electron chi connectivity index (χ1n) is 10.6. The van der Waals surface area contributed by atoms with E-state index in [1.54, 1.807) is 7.11 Å². The molecule has 156 valence electrons. The molecule has 6 nitrogen and oxygen atoms in total. The van der Waals surface area contributed by atoms with Crippen molar-refractivity contribution in [2.75, 3.05) is 40.0 Å². The molecule has 2 aliphatic heterocycles. The van der Waals surface area contributed by atoms with Gasteiger partial charge in [0, 0.05) is 26.2 Å². The van der Waals surface area contributed by atoms with E-state index in [-0.39, 0.29) is 18.2 Å². The molecule has 28 heavy (non-hydrogen) atoms. The van der Waals surface area contributed by atoms with Crippen molar-refractivity contribution in [3.63, 3.8) is 0 Å². The van der Waals surface area contributed by atoms with E-state index in [0.717, 1.165) is 57.6 Å². The first-order chi connectivity index (χ1) is 13.7. The summed E-state index contributed by atoms with van der Waals surface area (Å²) in [5.41, 5.74) is 1.23. The van der Waals surface area contributed by atoms with Gasteiger partial charge in [0.2, 0.25) is 0 Å². The van der Waals surface area contributed by atoms with Gasteiger partial charge in [0.05, 0.1) is 25.9 Å². The van der Waals surface area contributed by atoms with Crippen LogP contribution in [0.5, 0.6) is 5.75 Å². The molecule has 0 radical (unpaired) electrons. The highest BCUT2D eigenvalue weighted by Gasteiger charge is 2.24. The number of benzene rings is 1. The number of aryl methyl sites for hydroxylation is 1. The van der Waals surface area contributed by atoms with Crippen molar-refractivity contribution in [2.24, 2.45) is 0 Å². The van der Waals surface area contributed by atoms with Crippen LogP contribution in [0.3, 0.4) is 0 Å². The van der Waals surface area contributed by atoms with Crippen molar-refractivity contribution in [3.8, 4) is 5.75 Å². The Balaban J connectivity index is 1.27. The molecule has 1 N–H and O–H groups in total. The summed E-state index contributed by atoms with van der Waals surface area (Å²) in [4.78, 5) is 14.3. The Morgan fingerprint density at radius 1 is 1.25 bits per heavy atom. The lowest BCUT2D eigenvalue weighted by Gasteiger charge is -2.33. The average molecular weight is 391 g/mol. The normalized spacial score (nSPS) is 20.8. The summed E-state index contributed by atoms with van der Waals surface area (Å²) in [6.45, 7) is 3.77. The number of amides is 2. The van der Waals surface area contributed by atoms with Crippen LogP contribution < -0.4 is 10.1 Å². The molecule has 0 bridgehead atoms. The van der Waals surface area contributed by atoms with Crippen LogP contribution in [0.25, 0.3) is 0 Å². The molecule has 2 amide bonds. The summed E-state index contributed by atoms with van der Waals surface area (Å²) < 4.78 is 17.0. The molecule has 0 aliphatic carbocycles. The minimum absolute atomic E-state index is 0.0414. The maximum atomic E-state index is 12.4. The summed E-state index contributed by atoms with van der Waals surface area (Å²) in [6.07, 6.45) is 7.69. The zero-order valence-electron chi connectivity index (χ0n) is 17.0. The SMILES string of the molecule is COc1cccc(CCCNC(=O)N2CCC(OCC3CCCCO3)CC2)c1. The molecule has 1 aromatic carbocycles. The Labute approximate surface area is 168 Å². The number of likely N-dealkylation sites (tertiary alicyclic amines) is 1. The van der Waals surface area contributed by atoms with Gasteiger partial charge in [0.1, 0.15) is 5.75 Å². The summed E-state index contributed by atoms with van der Waals surface area (Å²) in [6, 6.07) is 8.12. The summed E-state index contributed by atoms with van der Waals surface area (Å²) in [5, 5.41) is 3.04. The first kappa shape index (κ1) is 20.9. The number of methoxy groups -OCH3 is 1. The van der Waals surface area contributed by atoms with Gasteiger partial charge in [-0.3, -0.25) is 0 Å². The van der Waals surface area contributed by atoms with E-state index >= 15 is 0 Å². The largest absolute Gasteiger partial charge is 0.497 e. The second-order valence-electron chi connectivity index (χ2n) is 7.70. The van der Waals surface area contributed by atoms with E-state index in [1.807, 2.05) is 23.1 Å². The molecule has 2 heterocycles. The number of carbonyl (C=O) groups is 1. The van der Waals surface area contributed by atoms with Crippen LogP contribution in [0.2, 0.25) is 0 Å². The number of carbonyl (C=O) groups excluding carboxylic acids is 1. The molecular formula is C22H34N2O4. The first-order valence-corrected chi connectivity index (χ1v) is 10.6. The number of rotatable bonds is 8.